The number of aliphatic hydroxyl groups excluding tert-OH is 1. The fraction of sp³-hybridized carbons (Fsp3) is 0.435. The van der Waals surface area contributed by atoms with Gasteiger partial charge in [-0.25, -0.2) is 0 Å². The largest absolute Gasteiger partial charge is 0.497 e. The van der Waals surface area contributed by atoms with E-state index in [9.17, 15) is 9.90 Å². The van der Waals surface area contributed by atoms with E-state index < -0.39 is 11.6 Å². The van der Waals surface area contributed by atoms with Gasteiger partial charge in [-0.15, -0.1) is 0 Å². The second kappa shape index (κ2) is 7.84. The smallest absolute Gasteiger partial charge is 0.248 e. The van der Waals surface area contributed by atoms with Crippen molar-refractivity contribution >= 4 is 11.6 Å². The van der Waals surface area contributed by atoms with Crippen molar-refractivity contribution < 1.29 is 14.6 Å². The minimum Gasteiger partial charge on any atom is -0.497 e. The van der Waals surface area contributed by atoms with Crippen molar-refractivity contribution in [1.82, 2.24) is 4.90 Å². The van der Waals surface area contributed by atoms with Gasteiger partial charge < -0.3 is 20.1 Å². The molecule has 1 amide bonds. The lowest BCUT2D eigenvalue weighted by atomic mass is 9.79. The third-order valence-corrected chi connectivity index (χ3v) is 6.05. The Bertz CT molecular complexity index is 828. The van der Waals surface area contributed by atoms with E-state index in [1.54, 1.807) is 7.11 Å². The van der Waals surface area contributed by atoms with Gasteiger partial charge in [0.15, 0.2) is 0 Å². The van der Waals surface area contributed by atoms with Crippen molar-refractivity contribution in [2.24, 2.45) is 0 Å². The van der Waals surface area contributed by atoms with E-state index in [0.717, 1.165) is 54.7 Å². The molecule has 2 aromatic rings. The molecule has 1 heterocycles. The SMILES string of the molecule is COc1ccc(NC2(C(=O)N3Cc4ccccc4C(O)C3)CCCCC2)cc1. The number of aliphatic hydroxyl groups is 1. The normalized spacial score (nSPS) is 20.9. The molecule has 2 N–H and O–H groups in total. The number of methoxy groups -OCH3 is 1. The number of carbonyl (C=O) groups excluding carboxylic acids is 1. The van der Waals surface area contributed by atoms with Gasteiger partial charge in [-0.3, -0.25) is 4.79 Å². The molecule has 1 saturated carbocycles. The first-order valence-corrected chi connectivity index (χ1v) is 10.1. The third-order valence-electron chi connectivity index (χ3n) is 6.05. The molecule has 1 aliphatic carbocycles. The highest BCUT2D eigenvalue weighted by molar-refractivity contribution is 5.90. The second-order valence-corrected chi connectivity index (χ2v) is 7.90. The quantitative estimate of drug-likeness (QED) is 0.845. The van der Waals surface area contributed by atoms with Gasteiger partial charge in [0.05, 0.1) is 19.8 Å². The van der Waals surface area contributed by atoms with Crippen molar-refractivity contribution in [3.63, 3.8) is 0 Å². The average Bonchev–Trinajstić information content (AvgIpc) is 2.74. The zero-order valence-electron chi connectivity index (χ0n) is 16.4. The summed E-state index contributed by atoms with van der Waals surface area (Å²) in [4.78, 5) is 15.5. The Balaban J connectivity index is 1.59. The van der Waals surface area contributed by atoms with Crippen LogP contribution in [-0.2, 0) is 11.3 Å². The monoisotopic (exact) mass is 380 g/mol. The van der Waals surface area contributed by atoms with Gasteiger partial charge in [-0.2, -0.15) is 0 Å². The molecule has 1 aliphatic heterocycles. The molecule has 1 fully saturated rings. The first-order valence-electron chi connectivity index (χ1n) is 10.1. The number of fused-ring (bicyclic) bond motifs is 1. The van der Waals surface area contributed by atoms with E-state index in [1.165, 1.54) is 0 Å². The summed E-state index contributed by atoms with van der Waals surface area (Å²) in [6.45, 7) is 0.903. The van der Waals surface area contributed by atoms with Crippen LogP contribution in [0.5, 0.6) is 5.75 Å². The van der Waals surface area contributed by atoms with Crippen LogP contribution in [0.3, 0.4) is 0 Å². The van der Waals surface area contributed by atoms with E-state index in [4.69, 9.17) is 4.74 Å². The highest BCUT2D eigenvalue weighted by atomic mass is 16.5. The molecular formula is C23H28N2O3. The van der Waals surface area contributed by atoms with Crippen molar-refractivity contribution in [1.29, 1.82) is 0 Å². The Labute approximate surface area is 166 Å². The van der Waals surface area contributed by atoms with Crippen molar-refractivity contribution in [2.75, 3.05) is 19.0 Å². The Hall–Kier alpha value is -2.53. The van der Waals surface area contributed by atoms with Crippen molar-refractivity contribution in [3.05, 3.63) is 59.7 Å². The summed E-state index contributed by atoms with van der Waals surface area (Å²) in [7, 11) is 1.65. The second-order valence-electron chi connectivity index (χ2n) is 7.90. The van der Waals surface area contributed by atoms with Crippen molar-refractivity contribution in [3.8, 4) is 5.75 Å². The van der Waals surface area contributed by atoms with Gasteiger partial charge in [-0.1, -0.05) is 43.5 Å². The fourth-order valence-electron chi connectivity index (χ4n) is 4.54. The van der Waals surface area contributed by atoms with Crippen LogP contribution < -0.4 is 10.1 Å². The van der Waals surface area contributed by atoms with Crippen LogP contribution in [0, 0.1) is 0 Å². The number of hydrogen-bond acceptors (Lipinski definition) is 4. The van der Waals surface area contributed by atoms with Crippen LogP contribution in [0.15, 0.2) is 48.5 Å². The summed E-state index contributed by atoms with van der Waals surface area (Å²) in [6.07, 6.45) is 4.21. The van der Waals surface area contributed by atoms with E-state index >= 15 is 0 Å². The summed E-state index contributed by atoms with van der Waals surface area (Å²) in [5, 5.41) is 14.1. The van der Waals surface area contributed by atoms with Gasteiger partial charge in [0.25, 0.3) is 0 Å². The lowest BCUT2D eigenvalue weighted by Gasteiger charge is -2.43. The van der Waals surface area contributed by atoms with Gasteiger partial charge in [0.2, 0.25) is 5.91 Å². The first-order chi connectivity index (χ1) is 13.6. The standard InChI is InChI=1S/C23H28N2O3/c1-28-19-11-9-18(10-12-19)24-23(13-5-2-6-14-23)22(27)25-15-17-7-3-4-8-20(17)21(26)16-25/h3-4,7-12,21,24,26H,2,5-6,13-16H2,1H3. The summed E-state index contributed by atoms with van der Waals surface area (Å²) in [5.41, 5.74) is 2.28. The summed E-state index contributed by atoms with van der Waals surface area (Å²) < 4.78 is 5.24. The predicted molar refractivity (Wildman–Crippen MR) is 109 cm³/mol. The number of nitrogens with one attached hydrogen (secondary N) is 1. The Morgan fingerprint density at radius 3 is 2.54 bits per heavy atom. The summed E-state index contributed by atoms with van der Waals surface area (Å²) >= 11 is 0. The van der Waals surface area contributed by atoms with Crippen LogP contribution in [0.1, 0.15) is 49.3 Å². The molecule has 2 aromatic carbocycles. The van der Waals surface area contributed by atoms with Crippen LogP contribution in [-0.4, -0.2) is 35.1 Å². The highest BCUT2D eigenvalue weighted by Crippen LogP contribution is 2.36. The highest BCUT2D eigenvalue weighted by Gasteiger charge is 2.43. The number of β-amino-alcohol motifs (C(OH)–C–C–N with tert-alkyl or cyclic N) is 1. The van der Waals surface area contributed by atoms with E-state index in [-0.39, 0.29) is 5.91 Å². The molecular weight excluding hydrogens is 352 g/mol. The minimum absolute atomic E-state index is 0.0940. The number of rotatable bonds is 4. The molecule has 0 bridgehead atoms. The number of benzene rings is 2. The molecule has 1 atom stereocenters. The summed E-state index contributed by atoms with van der Waals surface area (Å²) in [5.74, 6) is 0.891. The molecule has 0 aromatic heterocycles. The van der Waals surface area contributed by atoms with Gasteiger partial charge in [0.1, 0.15) is 11.3 Å². The number of carbonyl (C=O) groups is 1. The molecule has 1 unspecified atom stereocenters. The number of ether oxygens (including phenoxy) is 1. The number of nitrogens with zero attached hydrogens (tertiary/aromatic N) is 1. The lowest BCUT2D eigenvalue weighted by molar-refractivity contribution is -0.140. The molecule has 5 nitrogen and oxygen atoms in total. The third kappa shape index (κ3) is 3.59. The molecule has 0 saturated heterocycles. The average molecular weight is 380 g/mol. The number of amides is 1. The molecule has 0 spiro atoms. The van der Waals surface area contributed by atoms with Gasteiger partial charge in [0, 0.05) is 12.2 Å². The van der Waals surface area contributed by atoms with E-state index in [2.05, 4.69) is 5.32 Å². The molecule has 0 radical (unpaired) electrons. The van der Waals surface area contributed by atoms with Gasteiger partial charge in [-0.05, 0) is 48.2 Å². The summed E-state index contributed by atoms with van der Waals surface area (Å²) in [6, 6.07) is 15.6. The molecule has 2 aliphatic rings. The van der Waals surface area contributed by atoms with Crippen LogP contribution in [0.25, 0.3) is 0 Å². The zero-order chi connectivity index (χ0) is 19.6. The predicted octanol–water partition coefficient (Wildman–Crippen LogP) is 3.89. The topological polar surface area (TPSA) is 61.8 Å². The van der Waals surface area contributed by atoms with Crippen LogP contribution in [0.2, 0.25) is 0 Å². The molecule has 148 valence electrons. The Kier molecular flexibility index (Phi) is 5.27. The number of anilines is 1. The maximum Gasteiger partial charge on any atom is 0.248 e. The Morgan fingerprint density at radius 1 is 1.11 bits per heavy atom. The van der Waals surface area contributed by atoms with E-state index in [0.29, 0.717) is 13.1 Å². The molecule has 5 heteroatoms. The van der Waals surface area contributed by atoms with Gasteiger partial charge >= 0.3 is 0 Å². The number of hydrogen-bond donors (Lipinski definition) is 2. The maximum atomic E-state index is 13.7. The fourth-order valence-corrected chi connectivity index (χ4v) is 4.54. The molecule has 4 rings (SSSR count). The van der Waals surface area contributed by atoms with Crippen molar-refractivity contribution in [2.45, 2.75) is 50.3 Å². The zero-order valence-corrected chi connectivity index (χ0v) is 16.4. The van der Waals surface area contributed by atoms with Crippen LogP contribution in [0.4, 0.5) is 5.69 Å². The lowest BCUT2D eigenvalue weighted by Crippen LogP contribution is -2.56. The molecule has 28 heavy (non-hydrogen) atoms. The van der Waals surface area contributed by atoms with E-state index in [1.807, 2.05) is 53.4 Å². The first kappa shape index (κ1) is 18.8. The minimum atomic E-state index is -0.629. The Morgan fingerprint density at radius 2 is 1.82 bits per heavy atom. The maximum absolute atomic E-state index is 13.7. The van der Waals surface area contributed by atoms with Crippen LogP contribution >= 0.6 is 0 Å².